The molecule has 0 aliphatic carbocycles. The molecule has 7 nitrogen and oxygen atoms in total. The first-order chi connectivity index (χ1) is 12.0. The van der Waals surface area contributed by atoms with E-state index in [9.17, 15) is 9.90 Å². The van der Waals surface area contributed by atoms with E-state index in [2.05, 4.69) is 15.7 Å². The zero-order valence-corrected chi connectivity index (χ0v) is 14.1. The van der Waals surface area contributed by atoms with Crippen LogP contribution in [0.5, 0.6) is 0 Å². The highest BCUT2D eigenvalue weighted by molar-refractivity contribution is 5.89. The molecule has 25 heavy (non-hydrogen) atoms. The predicted molar refractivity (Wildman–Crippen MR) is 93.6 cm³/mol. The third-order valence-corrected chi connectivity index (χ3v) is 3.83. The second-order valence-corrected chi connectivity index (χ2v) is 5.99. The van der Waals surface area contributed by atoms with Crippen molar-refractivity contribution in [2.75, 3.05) is 11.9 Å². The van der Waals surface area contributed by atoms with Crippen LogP contribution in [0.15, 0.2) is 59.3 Å². The molecule has 0 aliphatic rings. The number of furan rings is 1. The Kier molecular flexibility index (Phi) is 4.58. The fraction of sp³-hybridized carbons (Fsp3) is 0.222. The summed E-state index contributed by atoms with van der Waals surface area (Å²) in [6.45, 7) is 3.55. The topological polar surface area (TPSA) is 92.3 Å². The average Bonchev–Trinajstić information content (AvgIpc) is 3.25. The quantitative estimate of drug-likeness (QED) is 0.666. The molecule has 2 amide bonds. The number of carbonyl (C=O) groups excluding carboxylic acids is 1. The first kappa shape index (κ1) is 16.8. The fourth-order valence-corrected chi connectivity index (χ4v) is 2.46. The first-order valence-corrected chi connectivity index (χ1v) is 7.88. The smallest absolute Gasteiger partial charge is 0.319 e. The van der Waals surface area contributed by atoms with Gasteiger partial charge >= 0.3 is 6.03 Å². The molecule has 7 heteroatoms. The number of benzene rings is 1. The van der Waals surface area contributed by atoms with Crippen LogP contribution in [0.25, 0.3) is 5.69 Å². The zero-order valence-electron chi connectivity index (χ0n) is 14.1. The third-order valence-electron chi connectivity index (χ3n) is 3.83. The van der Waals surface area contributed by atoms with Crippen molar-refractivity contribution in [3.8, 4) is 5.69 Å². The van der Waals surface area contributed by atoms with Crippen molar-refractivity contribution in [3.05, 3.63) is 66.4 Å². The Balaban J connectivity index is 1.63. The highest BCUT2D eigenvalue weighted by Crippen LogP contribution is 2.20. The summed E-state index contributed by atoms with van der Waals surface area (Å²) in [4.78, 5) is 12.1. The van der Waals surface area contributed by atoms with Gasteiger partial charge in [-0.25, -0.2) is 9.48 Å². The van der Waals surface area contributed by atoms with Gasteiger partial charge in [-0.05, 0) is 50.2 Å². The van der Waals surface area contributed by atoms with Crippen LogP contribution in [0.4, 0.5) is 10.5 Å². The Morgan fingerprint density at radius 1 is 1.32 bits per heavy atom. The van der Waals surface area contributed by atoms with Crippen molar-refractivity contribution >= 4 is 11.7 Å². The van der Waals surface area contributed by atoms with E-state index in [-0.39, 0.29) is 6.54 Å². The van der Waals surface area contributed by atoms with Gasteiger partial charge in [-0.3, -0.25) is 0 Å². The molecular formula is C18H20N4O3. The molecule has 3 rings (SSSR count). The van der Waals surface area contributed by atoms with Crippen molar-refractivity contribution in [2.45, 2.75) is 19.4 Å². The number of aliphatic hydroxyl groups is 1. The van der Waals surface area contributed by atoms with Crippen LogP contribution in [0.3, 0.4) is 0 Å². The molecular weight excluding hydrogens is 320 g/mol. The number of hydrogen-bond acceptors (Lipinski definition) is 4. The van der Waals surface area contributed by atoms with Gasteiger partial charge in [0, 0.05) is 17.6 Å². The fourth-order valence-electron chi connectivity index (χ4n) is 2.46. The van der Waals surface area contributed by atoms with E-state index in [1.807, 2.05) is 31.2 Å². The predicted octanol–water partition coefficient (Wildman–Crippen LogP) is 2.80. The van der Waals surface area contributed by atoms with Crippen molar-refractivity contribution in [1.82, 2.24) is 15.1 Å². The molecule has 1 atom stereocenters. The minimum atomic E-state index is -1.28. The van der Waals surface area contributed by atoms with E-state index >= 15 is 0 Å². The van der Waals surface area contributed by atoms with Gasteiger partial charge in [-0.15, -0.1) is 0 Å². The molecule has 0 radical (unpaired) electrons. The Bertz CT molecular complexity index is 853. The van der Waals surface area contributed by atoms with Crippen LogP contribution in [0, 0.1) is 6.92 Å². The van der Waals surface area contributed by atoms with E-state index < -0.39 is 11.6 Å². The SMILES string of the molecule is Cc1ccnn1-c1cccc(NC(=O)NC[C@@](C)(O)c2ccco2)c1. The van der Waals surface area contributed by atoms with Crippen molar-refractivity contribution in [2.24, 2.45) is 0 Å². The number of urea groups is 1. The number of nitrogens with one attached hydrogen (secondary N) is 2. The van der Waals surface area contributed by atoms with Crippen LogP contribution >= 0.6 is 0 Å². The summed E-state index contributed by atoms with van der Waals surface area (Å²) >= 11 is 0. The minimum absolute atomic E-state index is 0.0182. The van der Waals surface area contributed by atoms with Crippen LogP contribution in [-0.4, -0.2) is 27.5 Å². The van der Waals surface area contributed by atoms with Gasteiger partial charge < -0.3 is 20.2 Å². The van der Waals surface area contributed by atoms with Crippen molar-refractivity contribution in [1.29, 1.82) is 0 Å². The molecule has 0 bridgehead atoms. The zero-order chi connectivity index (χ0) is 17.9. The molecule has 2 aromatic heterocycles. The number of amides is 2. The summed E-state index contributed by atoms with van der Waals surface area (Å²) in [7, 11) is 0. The minimum Gasteiger partial charge on any atom is -0.466 e. The lowest BCUT2D eigenvalue weighted by molar-refractivity contribution is 0.0372. The molecule has 1 aromatic carbocycles. The average molecular weight is 340 g/mol. The van der Waals surface area contributed by atoms with E-state index in [0.29, 0.717) is 11.4 Å². The molecule has 2 heterocycles. The molecule has 0 unspecified atom stereocenters. The van der Waals surface area contributed by atoms with E-state index in [1.165, 1.54) is 6.26 Å². The van der Waals surface area contributed by atoms with Gasteiger partial charge in [-0.2, -0.15) is 5.10 Å². The van der Waals surface area contributed by atoms with Gasteiger partial charge in [0.05, 0.1) is 18.5 Å². The molecule has 0 fully saturated rings. The molecule has 0 saturated heterocycles. The van der Waals surface area contributed by atoms with Gasteiger partial charge in [0.15, 0.2) is 0 Å². The van der Waals surface area contributed by atoms with E-state index in [4.69, 9.17) is 4.42 Å². The first-order valence-electron chi connectivity index (χ1n) is 7.88. The summed E-state index contributed by atoms with van der Waals surface area (Å²) in [5, 5.41) is 20.0. The molecule has 130 valence electrons. The van der Waals surface area contributed by atoms with Crippen molar-refractivity contribution in [3.63, 3.8) is 0 Å². The largest absolute Gasteiger partial charge is 0.466 e. The molecule has 0 saturated carbocycles. The molecule has 0 aliphatic heterocycles. The summed E-state index contributed by atoms with van der Waals surface area (Å²) < 4.78 is 6.97. The number of hydrogen-bond donors (Lipinski definition) is 3. The molecule has 3 N–H and O–H groups in total. The maximum absolute atomic E-state index is 12.1. The summed E-state index contributed by atoms with van der Waals surface area (Å²) in [6, 6.07) is 12.2. The lowest BCUT2D eigenvalue weighted by Gasteiger charge is -2.21. The summed E-state index contributed by atoms with van der Waals surface area (Å²) in [5.74, 6) is 0.393. The maximum atomic E-state index is 12.1. The lowest BCUT2D eigenvalue weighted by Crippen LogP contribution is -2.40. The standard InChI is InChI=1S/C18H20N4O3/c1-13-8-9-20-22(13)15-6-3-5-14(11-15)21-17(23)19-12-18(2,24)16-7-4-10-25-16/h3-11,24H,12H2,1-2H3,(H2,19,21,23)/t18-/m1/s1. The number of anilines is 1. The maximum Gasteiger partial charge on any atom is 0.319 e. The van der Waals surface area contributed by atoms with Gasteiger partial charge in [-0.1, -0.05) is 6.07 Å². The van der Waals surface area contributed by atoms with Crippen LogP contribution in [-0.2, 0) is 5.60 Å². The van der Waals surface area contributed by atoms with E-state index in [1.54, 1.807) is 36.0 Å². The second kappa shape index (κ2) is 6.82. The number of carbonyl (C=O) groups is 1. The second-order valence-electron chi connectivity index (χ2n) is 5.99. The number of rotatable bonds is 5. The van der Waals surface area contributed by atoms with Gasteiger partial charge in [0.2, 0.25) is 0 Å². The summed E-state index contributed by atoms with van der Waals surface area (Å²) in [5.41, 5.74) is 1.19. The highest BCUT2D eigenvalue weighted by atomic mass is 16.4. The Hall–Kier alpha value is -3.06. The third kappa shape index (κ3) is 3.89. The number of aromatic nitrogens is 2. The monoisotopic (exact) mass is 340 g/mol. The van der Waals surface area contributed by atoms with Crippen molar-refractivity contribution < 1.29 is 14.3 Å². The van der Waals surface area contributed by atoms with E-state index in [0.717, 1.165) is 11.4 Å². The lowest BCUT2D eigenvalue weighted by atomic mass is 10.0. The number of aryl methyl sites for hydroxylation is 1. The van der Waals surface area contributed by atoms with Crippen LogP contribution in [0.1, 0.15) is 18.4 Å². The summed E-state index contributed by atoms with van der Waals surface area (Å²) in [6.07, 6.45) is 3.20. The molecule has 3 aromatic rings. The van der Waals surface area contributed by atoms with Crippen LogP contribution < -0.4 is 10.6 Å². The van der Waals surface area contributed by atoms with Crippen LogP contribution in [0.2, 0.25) is 0 Å². The number of nitrogens with zero attached hydrogens (tertiary/aromatic N) is 2. The Morgan fingerprint density at radius 3 is 2.84 bits per heavy atom. The Labute approximate surface area is 145 Å². The highest BCUT2D eigenvalue weighted by Gasteiger charge is 2.26. The molecule has 0 spiro atoms. The van der Waals surface area contributed by atoms with Gasteiger partial charge in [0.25, 0.3) is 0 Å². The normalized spacial score (nSPS) is 13.2. The van der Waals surface area contributed by atoms with Gasteiger partial charge in [0.1, 0.15) is 11.4 Å². The Morgan fingerprint density at radius 2 is 2.16 bits per heavy atom.